The van der Waals surface area contributed by atoms with Crippen molar-refractivity contribution >= 4 is 52.8 Å². The summed E-state index contributed by atoms with van der Waals surface area (Å²) in [6, 6.07) is 20.3. The number of benzene rings is 3. The zero-order chi connectivity index (χ0) is 38.0. The lowest BCUT2D eigenvalue weighted by Crippen LogP contribution is -2.43. The Kier molecular flexibility index (Phi) is 12.5. The highest BCUT2D eigenvalue weighted by Gasteiger charge is 2.45. The lowest BCUT2D eigenvalue weighted by Gasteiger charge is -2.19. The van der Waals surface area contributed by atoms with Crippen molar-refractivity contribution in [2.75, 3.05) is 23.8 Å². The number of nitrogens with one attached hydrogen (secondary N) is 4. The summed E-state index contributed by atoms with van der Waals surface area (Å²) in [4.78, 5) is 61.4. The molecular weight excluding hydrogens is 719 g/mol. The largest absolute Gasteiger partial charge is 0.480 e. The Morgan fingerprint density at radius 3 is 2.23 bits per heavy atom. The minimum Gasteiger partial charge on any atom is -0.480 e. The Bertz CT molecular complexity index is 1910. The van der Waals surface area contributed by atoms with Crippen LogP contribution in [0.3, 0.4) is 0 Å². The number of ketones is 1. The molecule has 1 fully saturated rings. The van der Waals surface area contributed by atoms with E-state index in [0.717, 1.165) is 11.1 Å². The predicted molar refractivity (Wildman–Crippen MR) is 188 cm³/mol. The molecule has 13 nitrogen and oxygen atoms in total. The number of aromatic nitrogens is 3. The summed E-state index contributed by atoms with van der Waals surface area (Å²) in [6.45, 7) is -1.79. The maximum Gasteiger partial charge on any atom is 0.422 e. The number of alkyl halides is 3. The van der Waals surface area contributed by atoms with Crippen molar-refractivity contribution in [2.45, 2.75) is 56.3 Å². The van der Waals surface area contributed by atoms with Gasteiger partial charge >= 0.3 is 18.2 Å². The topological polar surface area (TPSA) is 185 Å². The van der Waals surface area contributed by atoms with Crippen molar-refractivity contribution in [3.63, 3.8) is 0 Å². The number of Topliss-reactive ketones (excluding diaryl/α,β-unsaturated/α-hetero) is 1. The summed E-state index contributed by atoms with van der Waals surface area (Å²) in [7, 11) is 0. The Hall–Kier alpha value is -5.77. The van der Waals surface area contributed by atoms with E-state index < -0.39 is 53.9 Å². The van der Waals surface area contributed by atoms with Crippen molar-refractivity contribution in [1.29, 1.82) is 0 Å². The summed E-state index contributed by atoms with van der Waals surface area (Å²) in [6.07, 6.45) is -2.26. The van der Waals surface area contributed by atoms with Crippen LogP contribution in [-0.4, -0.2) is 69.0 Å². The highest BCUT2D eigenvalue weighted by Crippen LogP contribution is 2.48. The molecule has 5 rings (SSSR count). The van der Waals surface area contributed by atoms with Crippen LogP contribution >= 0.6 is 11.6 Å². The zero-order valence-corrected chi connectivity index (χ0v) is 28.8. The molecule has 0 saturated heterocycles. The molecule has 0 radical (unpaired) electrons. The third-order valence-corrected chi connectivity index (χ3v) is 8.42. The van der Waals surface area contributed by atoms with E-state index in [9.17, 15) is 37.5 Å². The van der Waals surface area contributed by atoms with E-state index in [1.807, 2.05) is 42.5 Å². The molecule has 3 aromatic carbocycles. The first-order valence-corrected chi connectivity index (χ1v) is 16.9. The van der Waals surface area contributed by atoms with Crippen molar-refractivity contribution in [2.24, 2.45) is 0 Å². The lowest BCUT2D eigenvalue weighted by atomic mass is 10.1. The van der Waals surface area contributed by atoms with Gasteiger partial charge in [0.1, 0.15) is 6.04 Å². The van der Waals surface area contributed by atoms with Gasteiger partial charge < -0.3 is 31.1 Å². The smallest absolute Gasteiger partial charge is 0.422 e. The van der Waals surface area contributed by atoms with Crippen LogP contribution in [-0.2, 0) is 26.3 Å². The Morgan fingerprint density at radius 2 is 1.58 bits per heavy atom. The van der Waals surface area contributed by atoms with E-state index >= 15 is 0 Å². The molecule has 0 aliphatic heterocycles. The van der Waals surface area contributed by atoms with Gasteiger partial charge in [-0.25, -0.2) is 4.79 Å². The van der Waals surface area contributed by atoms with E-state index in [4.69, 9.17) is 16.3 Å². The van der Waals surface area contributed by atoms with Gasteiger partial charge in [0, 0.05) is 29.2 Å². The van der Waals surface area contributed by atoms with Crippen molar-refractivity contribution in [1.82, 2.24) is 25.6 Å². The van der Waals surface area contributed by atoms with Gasteiger partial charge in [-0.05, 0) is 79.6 Å². The van der Waals surface area contributed by atoms with E-state index in [-0.39, 0.29) is 36.8 Å². The van der Waals surface area contributed by atoms with Crippen LogP contribution in [0.2, 0.25) is 5.02 Å². The molecule has 1 aliphatic rings. The third kappa shape index (κ3) is 11.6. The number of carbonyl (C=O) groups is 4. The summed E-state index contributed by atoms with van der Waals surface area (Å²) in [5, 5.41) is 21.0. The van der Waals surface area contributed by atoms with E-state index in [1.54, 1.807) is 12.1 Å². The second-order valence-corrected chi connectivity index (χ2v) is 12.7. The molecule has 17 heteroatoms. The second kappa shape index (κ2) is 17.2. The maximum atomic E-state index is 12.9. The van der Waals surface area contributed by atoms with Crippen LogP contribution in [0.5, 0.6) is 6.01 Å². The predicted octanol–water partition coefficient (Wildman–Crippen LogP) is 5.59. The molecule has 4 aromatic rings. The van der Waals surface area contributed by atoms with Gasteiger partial charge in [0.2, 0.25) is 17.7 Å². The molecule has 5 N–H and O–H groups in total. The number of hydrogen-bond acceptors (Lipinski definition) is 10. The standard InChI is InChI=1S/C36H35ClF3N7O6/c37-25-13-11-24(12-14-25)35(18-19-35)47-33-44-32(45-34(46-33)53-21-36(38,39)40)42-26-15-9-23(10-16-26)29(49)43-27(31(51)52)17-20-41-30(50)28(48)8-4-7-22-5-2-1-3-6-22/h1-3,5-6,9-16,27H,4,7-8,17-21H2,(H,41,50)(H,43,49)(H,51,52)(H2,42,44,45,46,47)/t27-/m0/s1. The number of halogens is 4. The average Bonchev–Trinajstić information content (AvgIpc) is 3.91. The van der Waals surface area contributed by atoms with Crippen LogP contribution in [0.25, 0.3) is 0 Å². The van der Waals surface area contributed by atoms with Crippen molar-refractivity contribution in [3.8, 4) is 6.01 Å². The Labute approximate surface area is 306 Å². The van der Waals surface area contributed by atoms with Gasteiger partial charge in [-0.2, -0.15) is 28.1 Å². The number of carboxylic acids is 1. The summed E-state index contributed by atoms with van der Waals surface area (Å²) in [5.74, 6) is -3.70. The number of aryl methyl sites for hydroxylation is 1. The molecule has 1 aromatic heterocycles. The first kappa shape index (κ1) is 38.5. The highest BCUT2D eigenvalue weighted by molar-refractivity contribution is 6.36. The van der Waals surface area contributed by atoms with Crippen LogP contribution < -0.4 is 26.0 Å². The van der Waals surface area contributed by atoms with Gasteiger partial charge in [0.15, 0.2) is 6.61 Å². The van der Waals surface area contributed by atoms with Crippen LogP contribution in [0.4, 0.5) is 30.8 Å². The fourth-order valence-electron chi connectivity index (χ4n) is 5.25. The molecule has 1 atom stereocenters. The monoisotopic (exact) mass is 753 g/mol. The molecule has 1 saturated carbocycles. The van der Waals surface area contributed by atoms with Gasteiger partial charge in [0.05, 0.1) is 5.54 Å². The van der Waals surface area contributed by atoms with Gasteiger partial charge in [-0.15, -0.1) is 0 Å². The number of amides is 2. The maximum absolute atomic E-state index is 12.9. The first-order valence-electron chi connectivity index (χ1n) is 16.5. The number of nitrogens with zero attached hydrogens (tertiary/aromatic N) is 3. The second-order valence-electron chi connectivity index (χ2n) is 12.3. The van der Waals surface area contributed by atoms with Crippen LogP contribution in [0, 0.1) is 0 Å². The van der Waals surface area contributed by atoms with E-state index in [2.05, 4.69) is 36.2 Å². The SMILES string of the molecule is O=C(CCCc1ccccc1)C(=O)NCC[C@H](NC(=O)c1ccc(Nc2nc(NC3(c4ccc(Cl)cc4)CC3)nc(OCC(F)(F)F)n2)cc1)C(=O)O. The fraction of sp³-hybridized carbons (Fsp3) is 0.306. The number of carboxylic acid groups (broad SMARTS) is 1. The molecule has 2 amide bonds. The highest BCUT2D eigenvalue weighted by atomic mass is 35.5. The third-order valence-electron chi connectivity index (χ3n) is 8.17. The molecule has 1 aliphatic carbocycles. The number of rotatable bonds is 18. The van der Waals surface area contributed by atoms with Gasteiger partial charge in [-0.1, -0.05) is 54.1 Å². The number of carbonyl (C=O) groups excluding carboxylic acids is 3. The van der Waals surface area contributed by atoms with Crippen LogP contribution in [0.1, 0.15) is 53.6 Å². The summed E-state index contributed by atoms with van der Waals surface area (Å²) >= 11 is 6.02. The summed E-state index contributed by atoms with van der Waals surface area (Å²) in [5.41, 5.74) is 1.80. The van der Waals surface area contributed by atoms with Crippen LogP contribution in [0.15, 0.2) is 78.9 Å². The number of hydrogen-bond donors (Lipinski definition) is 5. The van der Waals surface area contributed by atoms with E-state index in [1.165, 1.54) is 24.3 Å². The zero-order valence-electron chi connectivity index (χ0n) is 28.1. The molecule has 1 heterocycles. The minimum atomic E-state index is -4.64. The molecule has 53 heavy (non-hydrogen) atoms. The quantitative estimate of drug-likeness (QED) is 0.0798. The molecule has 0 spiro atoms. The Morgan fingerprint density at radius 1 is 0.906 bits per heavy atom. The van der Waals surface area contributed by atoms with Gasteiger partial charge in [-0.3, -0.25) is 14.4 Å². The van der Waals surface area contributed by atoms with E-state index in [0.29, 0.717) is 36.4 Å². The minimum absolute atomic E-state index is 0.0357. The first-order chi connectivity index (χ1) is 25.3. The normalized spacial score (nSPS) is 13.7. The Balaban J connectivity index is 1.16. The molecule has 278 valence electrons. The number of ether oxygens (including phenoxy) is 1. The molecule has 0 unspecified atom stereocenters. The molecular formula is C36H35ClF3N7O6. The number of aliphatic carboxylic acids is 1. The summed E-state index contributed by atoms with van der Waals surface area (Å²) < 4.78 is 43.6. The molecule has 0 bridgehead atoms. The lowest BCUT2D eigenvalue weighted by molar-refractivity contribution is -0.154. The van der Waals surface area contributed by atoms with Gasteiger partial charge in [0.25, 0.3) is 11.8 Å². The fourth-order valence-corrected chi connectivity index (χ4v) is 5.37. The number of anilines is 3. The van der Waals surface area contributed by atoms with Crippen molar-refractivity contribution in [3.05, 3.63) is 101 Å². The average molecular weight is 754 g/mol. The van der Waals surface area contributed by atoms with Crippen molar-refractivity contribution < 1.29 is 42.2 Å².